The molecule has 0 spiro atoms. The van der Waals surface area contributed by atoms with Crippen molar-refractivity contribution in [3.8, 4) is 17.2 Å². The molecule has 0 aliphatic carbocycles. The van der Waals surface area contributed by atoms with Crippen LogP contribution in [-0.4, -0.2) is 41.9 Å². The van der Waals surface area contributed by atoms with Crippen molar-refractivity contribution >= 4 is 23.5 Å². The predicted molar refractivity (Wildman–Crippen MR) is 132 cm³/mol. The third kappa shape index (κ3) is 5.43. The summed E-state index contributed by atoms with van der Waals surface area (Å²) in [6.07, 6.45) is 0.238. The molecule has 35 heavy (non-hydrogen) atoms. The van der Waals surface area contributed by atoms with Crippen molar-refractivity contribution in [3.05, 3.63) is 83.9 Å². The molecule has 1 fully saturated rings. The Morgan fingerprint density at radius 3 is 2.46 bits per heavy atom. The highest BCUT2D eigenvalue weighted by Crippen LogP contribution is 2.28. The largest absolute Gasteiger partial charge is 0.496 e. The summed E-state index contributed by atoms with van der Waals surface area (Å²) < 4.78 is 11.2. The van der Waals surface area contributed by atoms with E-state index >= 15 is 0 Å². The first-order valence-corrected chi connectivity index (χ1v) is 11.2. The van der Waals surface area contributed by atoms with E-state index in [2.05, 4.69) is 10.6 Å². The number of carbonyl (C=O) groups is 3. The van der Waals surface area contributed by atoms with Crippen molar-refractivity contribution in [2.75, 3.05) is 19.0 Å². The molecule has 3 aromatic rings. The van der Waals surface area contributed by atoms with Gasteiger partial charge in [-0.1, -0.05) is 30.3 Å². The SMILES string of the molecule is COc1ccccc1CC1(C)NC(=O)N(CC(=O)Nc2ccc(Oc3cccc(C)c3)cc2)C1=O. The number of anilines is 1. The molecule has 1 aliphatic heterocycles. The molecule has 4 amide bonds. The first kappa shape index (κ1) is 23.8. The fraction of sp³-hybridized carbons (Fsp3) is 0.222. The molecule has 0 saturated carbocycles. The zero-order valence-corrected chi connectivity index (χ0v) is 19.8. The van der Waals surface area contributed by atoms with Crippen molar-refractivity contribution in [2.24, 2.45) is 0 Å². The first-order valence-electron chi connectivity index (χ1n) is 11.2. The summed E-state index contributed by atoms with van der Waals surface area (Å²) in [4.78, 5) is 39.2. The van der Waals surface area contributed by atoms with Gasteiger partial charge in [0.15, 0.2) is 0 Å². The molecular formula is C27H27N3O5. The number of imide groups is 1. The Morgan fingerprint density at radius 1 is 1.00 bits per heavy atom. The van der Waals surface area contributed by atoms with Gasteiger partial charge >= 0.3 is 6.03 Å². The number of nitrogens with one attached hydrogen (secondary N) is 2. The summed E-state index contributed by atoms with van der Waals surface area (Å²) >= 11 is 0. The second kappa shape index (κ2) is 9.89. The van der Waals surface area contributed by atoms with Gasteiger partial charge in [0, 0.05) is 12.1 Å². The molecule has 8 nitrogen and oxygen atoms in total. The number of urea groups is 1. The van der Waals surface area contributed by atoms with Gasteiger partial charge in [-0.3, -0.25) is 14.5 Å². The summed E-state index contributed by atoms with van der Waals surface area (Å²) in [7, 11) is 1.55. The van der Waals surface area contributed by atoms with Crippen molar-refractivity contribution in [1.82, 2.24) is 10.2 Å². The van der Waals surface area contributed by atoms with Crippen LogP contribution in [0.3, 0.4) is 0 Å². The number of aryl methyl sites for hydroxylation is 1. The lowest BCUT2D eigenvalue weighted by molar-refractivity contribution is -0.133. The molecule has 1 atom stereocenters. The van der Waals surface area contributed by atoms with Gasteiger partial charge in [-0.2, -0.15) is 0 Å². The maximum atomic E-state index is 13.1. The van der Waals surface area contributed by atoms with Crippen LogP contribution in [0.5, 0.6) is 17.2 Å². The summed E-state index contributed by atoms with van der Waals surface area (Å²) in [6, 6.07) is 21.2. The van der Waals surface area contributed by atoms with Crippen LogP contribution < -0.4 is 20.1 Å². The molecule has 4 rings (SSSR count). The smallest absolute Gasteiger partial charge is 0.325 e. The minimum absolute atomic E-state index is 0.238. The van der Waals surface area contributed by atoms with Crippen LogP contribution in [0.15, 0.2) is 72.8 Å². The van der Waals surface area contributed by atoms with Gasteiger partial charge in [0.05, 0.1) is 7.11 Å². The van der Waals surface area contributed by atoms with E-state index in [1.165, 1.54) is 0 Å². The fourth-order valence-corrected chi connectivity index (χ4v) is 4.01. The van der Waals surface area contributed by atoms with Crippen LogP contribution in [0.4, 0.5) is 10.5 Å². The third-order valence-corrected chi connectivity index (χ3v) is 5.75. The molecule has 0 radical (unpaired) electrons. The van der Waals surface area contributed by atoms with Crippen molar-refractivity contribution in [3.63, 3.8) is 0 Å². The maximum absolute atomic E-state index is 13.1. The lowest BCUT2D eigenvalue weighted by Gasteiger charge is -2.22. The van der Waals surface area contributed by atoms with E-state index in [0.717, 1.165) is 21.8 Å². The number of rotatable bonds is 8. The van der Waals surface area contributed by atoms with E-state index in [0.29, 0.717) is 17.2 Å². The van der Waals surface area contributed by atoms with E-state index in [9.17, 15) is 14.4 Å². The number of benzene rings is 3. The van der Waals surface area contributed by atoms with E-state index in [-0.39, 0.29) is 6.42 Å². The third-order valence-electron chi connectivity index (χ3n) is 5.75. The highest BCUT2D eigenvalue weighted by molar-refractivity contribution is 6.10. The zero-order valence-electron chi connectivity index (χ0n) is 19.8. The molecule has 2 N–H and O–H groups in total. The first-order chi connectivity index (χ1) is 16.8. The van der Waals surface area contributed by atoms with Gasteiger partial charge in [-0.25, -0.2) is 4.79 Å². The molecular weight excluding hydrogens is 446 g/mol. The summed E-state index contributed by atoms with van der Waals surface area (Å²) in [6.45, 7) is 3.23. The van der Waals surface area contributed by atoms with E-state index in [1.807, 2.05) is 49.4 Å². The molecule has 1 saturated heterocycles. The van der Waals surface area contributed by atoms with E-state index in [4.69, 9.17) is 9.47 Å². The van der Waals surface area contributed by atoms with E-state index in [1.54, 1.807) is 44.4 Å². The van der Waals surface area contributed by atoms with Crippen LogP contribution in [-0.2, 0) is 16.0 Å². The summed E-state index contributed by atoms with van der Waals surface area (Å²) in [5.74, 6) is 1.01. The predicted octanol–water partition coefficient (Wildman–Crippen LogP) is 4.29. The summed E-state index contributed by atoms with van der Waals surface area (Å²) in [5.41, 5.74) is 1.22. The Labute approximate surface area is 203 Å². The number of amides is 4. The van der Waals surface area contributed by atoms with Crippen molar-refractivity contribution < 1.29 is 23.9 Å². The number of para-hydroxylation sites is 1. The zero-order chi connectivity index (χ0) is 25.0. The van der Waals surface area contributed by atoms with Crippen LogP contribution in [0.1, 0.15) is 18.1 Å². The van der Waals surface area contributed by atoms with Gasteiger partial charge in [0.25, 0.3) is 5.91 Å². The normalized spacial score (nSPS) is 17.2. The highest BCUT2D eigenvalue weighted by Gasteiger charge is 2.48. The van der Waals surface area contributed by atoms with Crippen LogP contribution >= 0.6 is 0 Å². The highest BCUT2D eigenvalue weighted by atomic mass is 16.5. The maximum Gasteiger partial charge on any atom is 0.325 e. The summed E-state index contributed by atoms with van der Waals surface area (Å²) in [5, 5.41) is 5.44. The molecule has 0 bridgehead atoms. The average Bonchev–Trinajstić information content (AvgIpc) is 3.03. The lowest BCUT2D eigenvalue weighted by Crippen LogP contribution is -2.46. The van der Waals surface area contributed by atoms with Gasteiger partial charge in [0.1, 0.15) is 29.3 Å². The quantitative estimate of drug-likeness (QED) is 0.476. The molecule has 1 heterocycles. The molecule has 3 aromatic carbocycles. The van der Waals surface area contributed by atoms with Gasteiger partial charge in [-0.05, 0) is 67.4 Å². The van der Waals surface area contributed by atoms with E-state index < -0.39 is 29.9 Å². The minimum Gasteiger partial charge on any atom is -0.496 e. The minimum atomic E-state index is -1.18. The number of hydrogen-bond acceptors (Lipinski definition) is 5. The van der Waals surface area contributed by atoms with Crippen LogP contribution in [0.2, 0.25) is 0 Å². The number of nitrogens with zero attached hydrogens (tertiary/aromatic N) is 1. The van der Waals surface area contributed by atoms with Crippen LogP contribution in [0, 0.1) is 6.92 Å². The molecule has 180 valence electrons. The monoisotopic (exact) mass is 473 g/mol. The Hall–Kier alpha value is -4.33. The second-order valence-electron chi connectivity index (χ2n) is 8.63. The number of methoxy groups -OCH3 is 1. The standard InChI is InChI=1S/C27H27N3O5/c1-18-7-6-9-22(15-18)35-21-13-11-20(12-14-21)28-24(31)17-30-25(32)27(2,29-26(30)33)16-19-8-4-5-10-23(19)34-3/h4-15H,16-17H2,1-3H3,(H,28,31)(H,29,33). The lowest BCUT2D eigenvalue weighted by atomic mass is 9.92. The number of hydrogen-bond donors (Lipinski definition) is 2. The van der Waals surface area contributed by atoms with Crippen molar-refractivity contribution in [2.45, 2.75) is 25.8 Å². The molecule has 1 unspecified atom stereocenters. The van der Waals surface area contributed by atoms with Gasteiger partial charge in [-0.15, -0.1) is 0 Å². The number of ether oxygens (including phenoxy) is 2. The average molecular weight is 474 g/mol. The topological polar surface area (TPSA) is 97.0 Å². The molecule has 0 aromatic heterocycles. The Kier molecular flexibility index (Phi) is 6.73. The Balaban J connectivity index is 1.37. The fourth-order valence-electron chi connectivity index (χ4n) is 4.01. The van der Waals surface area contributed by atoms with Gasteiger partial charge in [0.2, 0.25) is 5.91 Å². The Bertz CT molecular complexity index is 1260. The van der Waals surface area contributed by atoms with Crippen molar-refractivity contribution in [1.29, 1.82) is 0 Å². The van der Waals surface area contributed by atoms with Crippen LogP contribution in [0.25, 0.3) is 0 Å². The molecule has 1 aliphatic rings. The Morgan fingerprint density at radius 2 is 1.74 bits per heavy atom. The second-order valence-corrected chi connectivity index (χ2v) is 8.63. The molecule has 8 heteroatoms. The van der Waals surface area contributed by atoms with Gasteiger partial charge < -0.3 is 20.1 Å². The number of carbonyl (C=O) groups excluding carboxylic acids is 3.